The van der Waals surface area contributed by atoms with E-state index in [2.05, 4.69) is 4.98 Å². The van der Waals surface area contributed by atoms with Crippen molar-refractivity contribution in [2.75, 3.05) is 0 Å². The van der Waals surface area contributed by atoms with Crippen LogP contribution in [-0.4, -0.2) is 9.55 Å². The average molecular weight is 224 g/mol. The van der Waals surface area contributed by atoms with E-state index in [1.54, 1.807) is 23.9 Å². The topological polar surface area (TPSA) is 17.8 Å². The number of hydrogen-bond acceptors (Lipinski definition) is 1. The SMILES string of the molecule is Cn1c([CH]c2cccc(F)c2)cnc1Cl. The van der Waals surface area contributed by atoms with Crippen molar-refractivity contribution in [3.63, 3.8) is 0 Å². The molecule has 0 saturated heterocycles. The van der Waals surface area contributed by atoms with Crippen LogP contribution in [0.3, 0.4) is 0 Å². The molecule has 2 nitrogen and oxygen atoms in total. The molecule has 2 aromatic rings. The van der Waals surface area contributed by atoms with Gasteiger partial charge in [0.05, 0.1) is 6.20 Å². The molecule has 77 valence electrons. The predicted molar refractivity (Wildman–Crippen MR) is 57.1 cm³/mol. The summed E-state index contributed by atoms with van der Waals surface area (Å²) in [5, 5.41) is 0.414. The van der Waals surface area contributed by atoms with Crippen LogP contribution in [0.1, 0.15) is 11.3 Å². The Morgan fingerprint density at radius 2 is 2.27 bits per heavy atom. The van der Waals surface area contributed by atoms with Crippen LogP contribution < -0.4 is 0 Å². The van der Waals surface area contributed by atoms with Gasteiger partial charge in [-0.3, -0.25) is 0 Å². The molecule has 0 unspecified atom stereocenters. The molecule has 0 fully saturated rings. The molecule has 0 saturated carbocycles. The lowest BCUT2D eigenvalue weighted by atomic mass is 10.1. The van der Waals surface area contributed by atoms with Crippen LogP contribution in [-0.2, 0) is 7.05 Å². The fourth-order valence-electron chi connectivity index (χ4n) is 1.30. The molecule has 2 rings (SSSR count). The van der Waals surface area contributed by atoms with E-state index < -0.39 is 0 Å². The summed E-state index contributed by atoms with van der Waals surface area (Å²) in [6.45, 7) is 0. The number of rotatable bonds is 2. The Morgan fingerprint density at radius 3 is 2.87 bits per heavy atom. The molecule has 0 aliphatic carbocycles. The molecule has 0 bridgehead atoms. The average Bonchev–Trinajstić information content (AvgIpc) is 2.50. The molecule has 0 aliphatic rings. The van der Waals surface area contributed by atoms with E-state index in [4.69, 9.17) is 11.6 Å². The van der Waals surface area contributed by atoms with E-state index in [-0.39, 0.29) is 5.82 Å². The summed E-state index contributed by atoms with van der Waals surface area (Å²) in [4.78, 5) is 3.94. The smallest absolute Gasteiger partial charge is 0.202 e. The van der Waals surface area contributed by atoms with Crippen molar-refractivity contribution in [1.82, 2.24) is 9.55 Å². The molecule has 15 heavy (non-hydrogen) atoms. The van der Waals surface area contributed by atoms with E-state index in [0.29, 0.717) is 5.28 Å². The standard InChI is InChI=1S/C11H9ClFN2/c1-15-10(7-14-11(15)12)6-8-3-2-4-9(13)5-8/h2-7H,1H3. The summed E-state index contributed by atoms with van der Waals surface area (Å²) >= 11 is 5.78. The van der Waals surface area contributed by atoms with Gasteiger partial charge in [0.1, 0.15) is 5.82 Å². The third-order valence-corrected chi connectivity index (χ3v) is 2.48. The Hall–Kier alpha value is -1.35. The molecule has 0 spiro atoms. The van der Waals surface area contributed by atoms with Crippen LogP contribution in [0.25, 0.3) is 0 Å². The maximum Gasteiger partial charge on any atom is 0.202 e. The summed E-state index contributed by atoms with van der Waals surface area (Å²) in [5.41, 5.74) is 1.63. The second kappa shape index (κ2) is 4.03. The molecular formula is C11H9ClFN2. The largest absolute Gasteiger partial charge is 0.321 e. The van der Waals surface area contributed by atoms with Crippen molar-refractivity contribution in [1.29, 1.82) is 0 Å². The van der Waals surface area contributed by atoms with Gasteiger partial charge in [0.15, 0.2) is 0 Å². The van der Waals surface area contributed by atoms with Crippen molar-refractivity contribution in [3.8, 4) is 0 Å². The monoisotopic (exact) mass is 223 g/mol. The fourth-order valence-corrected chi connectivity index (χ4v) is 1.45. The maximum atomic E-state index is 12.9. The highest BCUT2D eigenvalue weighted by Crippen LogP contribution is 2.15. The number of benzene rings is 1. The van der Waals surface area contributed by atoms with Crippen molar-refractivity contribution in [3.05, 3.63) is 59.2 Å². The molecule has 0 amide bonds. The first kappa shape index (κ1) is 10.2. The molecule has 4 heteroatoms. The minimum absolute atomic E-state index is 0.253. The highest BCUT2D eigenvalue weighted by atomic mass is 35.5. The lowest BCUT2D eigenvalue weighted by Gasteiger charge is -2.02. The van der Waals surface area contributed by atoms with Crippen molar-refractivity contribution in [2.45, 2.75) is 0 Å². The summed E-state index contributed by atoms with van der Waals surface area (Å²) in [6, 6.07) is 6.36. The molecule has 0 N–H and O–H groups in total. The van der Waals surface area contributed by atoms with Gasteiger partial charge in [-0.2, -0.15) is 0 Å². The second-order valence-corrected chi connectivity index (χ2v) is 3.55. The van der Waals surface area contributed by atoms with Crippen LogP contribution >= 0.6 is 11.6 Å². The van der Waals surface area contributed by atoms with Gasteiger partial charge in [-0.15, -0.1) is 0 Å². The van der Waals surface area contributed by atoms with Gasteiger partial charge < -0.3 is 4.57 Å². The first-order valence-corrected chi connectivity index (χ1v) is 4.82. The first-order valence-electron chi connectivity index (χ1n) is 4.44. The van der Waals surface area contributed by atoms with Gasteiger partial charge in [0, 0.05) is 19.2 Å². The van der Waals surface area contributed by atoms with Crippen LogP contribution in [0.4, 0.5) is 4.39 Å². The number of aromatic nitrogens is 2. The summed E-state index contributed by atoms with van der Waals surface area (Å²) < 4.78 is 14.6. The van der Waals surface area contributed by atoms with Crippen LogP contribution in [0.2, 0.25) is 5.28 Å². The van der Waals surface area contributed by atoms with Crippen molar-refractivity contribution in [2.24, 2.45) is 7.05 Å². The maximum absolute atomic E-state index is 12.9. The Morgan fingerprint density at radius 1 is 1.47 bits per heavy atom. The summed E-state index contributed by atoms with van der Waals surface area (Å²) in [7, 11) is 1.81. The highest BCUT2D eigenvalue weighted by Gasteiger charge is 2.05. The van der Waals surface area contributed by atoms with Crippen molar-refractivity contribution < 1.29 is 4.39 Å². The van der Waals surface area contributed by atoms with Gasteiger partial charge >= 0.3 is 0 Å². The molecule has 1 heterocycles. The summed E-state index contributed by atoms with van der Waals surface area (Å²) in [5.74, 6) is -0.253. The zero-order valence-electron chi connectivity index (χ0n) is 8.11. The van der Waals surface area contributed by atoms with Gasteiger partial charge in [-0.1, -0.05) is 12.1 Å². The molecule has 1 aromatic carbocycles. The molecular weight excluding hydrogens is 215 g/mol. The zero-order valence-corrected chi connectivity index (χ0v) is 8.87. The Labute approximate surface area is 92.3 Å². The van der Waals surface area contributed by atoms with Crippen LogP contribution in [0.15, 0.2) is 30.5 Å². The third-order valence-electron chi connectivity index (χ3n) is 2.13. The number of imidazole rings is 1. The van der Waals surface area contributed by atoms with Gasteiger partial charge in [0.2, 0.25) is 5.28 Å². The van der Waals surface area contributed by atoms with E-state index in [1.165, 1.54) is 12.1 Å². The predicted octanol–water partition coefficient (Wildman–Crippen LogP) is 2.81. The van der Waals surface area contributed by atoms with Crippen LogP contribution in [0.5, 0.6) is 0 Å². The normalized spacial score (nSPS) is 10.6. The zero-order chi connectivity index (χ0) is 10.8. The number of hydrogen-bond donors (Lipinski definition) is 0. The Bertz CT molecular complexity index is 479. The number of halogens is 2. The minimum Gasteiger partial charge on any atom is -0.321 e. The summed E-state index contributed by atoms with van der Waals surface area (Å²) in [6.07, 6.45) is 3.47. The fraction of sp³-hybridized carbons (Fsp3) is 0.0909. The quantitative estimate of drug-likeness (QED) is 0.766. The van der Waals surface area contributed by atoms with E-state index in [9.17, 15) is 4.39 Å². The van der Waals surface area contributed by atoms with E-state index in [1.807, 2.05) is 12.5 Å². The Kier molecular flexibility index (Phi) is 2.73. The molecule has 0 atom stereocenters. The lowest BCUT2D eigenvalue weighted by molar-refractivity contribution is 0.627. The third kappa shape index (κ3) is 2.18. The number of nitrogens with zero attached hydrogens (tertiary/aromatic N) is 2. The molecule has 1 radical (unpaired) electrons. The lowest BCUT2D eigenvalue weighted by Crippen LogP contribution is -1.95. The first-order chi connectivity index (χ1) is 7.16. The van der Waals surface area contributed by atoms with Gasteiger partial charge in [-0.05, 0) is 29.3 Å². The minimum atomic E-state index is -0.253. The highest BCUT2D eigenvalue weighted by molar-refractivity contribution is 6.28. The molecule has 0 aliphatic heterocycles. The molecule has 1 aromatic heterocycles. The Balaban J connectivity index is 2.26. The van der Waals surface area contributed by atoms with Crippen molar-refractivity contribution >= 4 is 11.6 Å². The van der Waals surface area contributed by atoms with Gasteiger partial charge in [0.25, 0.3) is 0 Å². The van der Waals surface area contributed by atoms with E-state index >= 15 is 0 Å². The second-order valence-electron chi connectivity index (χ2n) is 3.21. The van der Waals surface area contributed by atoms with Crippen LogP contribution in [0, 0.1) is 12.2 Å². The van der Waals surface area contributed by atoms with Gasteiger partial charge in [-0.25, -0.2) is 9.37 Å². The van der Waals surface area contributed by atoms with E-state index in [0.717, 1.165) is 11.3 Å².